The van der Waals surface area contributed by atoms with Crippen molar-refractivity contribution >= 4 is 28.7 Å². The van der Waals surface area contributed by atoms with Crippen LogP contribution < -0.4 is 0 Å². The lowest BCUT2D eigenvalue weighted by atomic mass is 10.0. The third kappa shape index (κ3) is 2.27. The molecule has 2 aromatic rings. The van der Waals surface area contributed by atoms with E-state index in [0.717, 1.165) is 0 Å². The highest BCUT2D eigenvalue weighted by Gasteiger charge is 2.63. The molecule has 130 valence electrons. The van der Waals surface area contributed by atoms with Gasteiger partial charge in [0.1, 0.15) is 23.4 Å². The molecule has 2 saturated heterocycles. The molecular weight excluding hydrogens is 357 g/mol. The van der Waals surface area contributed by atoms with E-state index in [9.17, 15) is 5.11 Å². The SMILES string of the molecule is CC[C@H]1OC(O)(c2ccc3c(Cl)nc(Cl)nn23)[C@@H]2OC(C)(C)O[C@@H]21. The molecule has 0 amide bonds. The minimum Gasteiger partial charge on any atom is -0.359 e. The topological polar surface area (TPSA) is 78.1 Å². The van der Waals surface area contributed by atoms with Gasteiger partial charge in [0.25, 0.3) is 0 Å². The second kappa shape index (κ2) is 5.27. The van der Waals surface area contributed by atoms with Crippen molar-refractivity contribution in [2.45, 2.75) is 57.1 Å². The maximum atomic E-state index is 11.3. The predicted molar refractivity (Wildman–Crippen MR) is 85.9 cm³/mol. The van der Waals surface area contributed by atoms with Gasteiger partial charge in [-0.15, -0.1) is 5.10 Å². The molecule has 9 heteroatoms. The second-order valence-corrected chi connectivity index (χ2v) is 7.17. The van der Waals surface area contributed by atoms with Crippen molar-refractivity contribution in [1.82, 2.24) is 14.6 Å². The first kappa shape index (κ1) is 16.5. The Hall–Kier alpha value is -0.960. The molecular formula is C15H17Cl2N3O4. The Bertz CT molecular complexity index is 811. The van der Waals surface area contributed by atoms with Gasteiger partial charge in [0.15, 0.2) is 10.9 Å². The lowest BCUT2D eigenvalue weighted by Gasteiger charge is -2.29. The summed E-state index contributed by atoms with van der Waals surface area (Å²) in [5.41, 5.74) is 0.888. The van der Waals surface area contributed by atoms with Crippen molar-refractivity contribution in [3.63, 3.8) is 0 Å². The number of halogens is 2. The van der Waals surface area contributed by atoms with Gasteiger partial charge in [0, 0.05) is 0 Å². The van der Waals surface area contributed by atoms with Crippen LogP contribution in [0.15, 0.2) is 12.1 Å². The number of hydrogen-bond acceptors (Lipinski definition) is 6. The first-order chi connectivity index (χ1) is 11.2. The van der Waals surface area contributed by atoms with E-state index in [4.69, 9.17) is 37.4 Å². The summed E-state index contributed by atoms with van der Waals surface area (Å²) < 4.78 is 19.2. The first-order valence-electron chi connectivity index (χ1n) is 7.72. The van der Waals surface area contributed by atoms with E-state index in [1.807, 2.05) is 20.8 Å². The fraction of sp³-hybridized carbons (Fsp3) is 0.600. The Morgan fingerprint density at radius 3 is 2.71 bits per heavy atom. The highest BCUT2D eigenvalue weighted by Crippen LogP contribution is 2.48. The average molecular weight is 374 g/mol. The second-order valence-electron chi connectivity index (χ2n) is 6.47. The van der Waals surface area contributed by atoms with Gasteiger partial charge in [0.05, 0.1) is 6.10 Å². The number of aromatic nitrogens is 3. The molecule has 0 aromatic carbocycles. The van der Waals surface area contributed by atoms with Crippen LogP contribution >= 0.6 is 23.2 Å². The van der Waals surface area contributed by atoms with E-state index < -0.39 is 17.7 Å². The Morgan fingerprint density at radius 2 is 2.00 bits per heavy atom. The van der Waals surface area contributed by atoms with Crippen LogP contribution in [-0.4, -0.2) is 43.8 Å². The van der Waals surface area contributed by atoms with E-state index in [-0.39, 0.29) is 22.6 Å². The maximum absolute atomic E-state index is 11.3. The summed E-state index contributed by atoms with van der Waals surface area (Å²) in [5.74, 6) is -2.54. The number of fused-ring (bicyclic) bond motifs is 2. The van der Waals surface area contributed by atoms with Gasteiger partial charge in [-0.05, 0) is 44.0 Å². The lowest BCUT2D eigenvalue weighted by Crippen LogP contribution is -2.41. The van der Waals surface area contributed by atoms with Crippen LogP contribution in [0, 0.1) is 0 Å². The van der Waals surface area contributed by atoms with E-state index in [0.29, 0.717) is 17.6 Å². The molecule has 0 spiro atoms. The summed E-state index contributed by atoms with van der Waals surface area (Å²) in [6, 6.07) is 3.38. The minimum atomic E-state index is -1.73. The number of hydrogen-bond donors (Lipinski definition) is 1. The zero-order valence-corrected chi connectivity index (χ0v) is 14.9. The van der Waals surface area contributed by atoms with Gasteiger partial charge < -0.3 is 19.3 Å². The molecule has 0 radical (unpaired) electrons. The zero-order chi connectivity index (χ0) is 17.3. The summed E-state index contributed by atoms with van der Waals surface area (Å²) in [5, 5.41) is 15.6. The quantitative estimate of drug-likeness (QED) is 0.871. The molecule has 0 bridgehead atoms. The zero-order valence-electron chi connectivity index (χ0n) is 13.4. The number of rotatable bonds is 2. The molecule has 4 rings (SSSR count). The van der Waals surface area contributed by atoms with Crippen LogP contribution in [0.2, 0.25) is 10.4 Å². The number of aliphatic hydroxyl groups is 1. The Labute approximate surface area is 148 Å². The summed E-state index contributed by atoms with van der Waals surface area (Å²) in [7, 11) is 0. The number of nitrogens with zero attached hydrogens (tertiary/aromatic N) is 3. The van der Waals surface area contributed by atoms with Gasteiger partial charge in [-0.2, -0.15) is 0 Å². The summed E-state index contributed by atoms with van der Waals surface area (Å²) in [6.07, 6.45) is -0.709. The van der Waals surface area contributed by atoms with Crippen LogP contribution in [0.3, 0.4) is 0 Å². The fourth-order valence-corrected chi connectivity index (χ4v) is 3.88. The molecule has 0 aliphatic carbocycles. The molecule has 1 N–H and O–H groups in total. The monoisotopic (exact) mass is 373 g/mol. The van der Waals surface area contributed by atoms with Crippen molar-refractivity contribution < 1.29 is 19.3 Å². The third-order valence-electron chi connectivity index (χ3n) is 4.42. The van der Waals surface area contributed by atoms with Gasteiger partial charge in [-0.25, -0.2) is 9.50 Å². The normalized spacial score (nSPS) is 34.8. The van der Waals surface area contributed by atoms with Crippen molar-refractivity contribution in [2.24, 2.45) is 0 Å². The molecule has 2 aliphatic rings. The van der Waals surface area contributed by atoms with E-state index in [1.165, 1.54) is 4.52 Å². The Balaban J connectivity index is 1.86. The van der Waals surface area contributed by atoms with Crippen molar-refractivity contribution in [1.29, 1.82) is 0 Å². The molecule has 7 nitrogen and oxygen atoms in total. The van der Waals surface area contributed by atoms with E-state index in [2.05, 4.69) is 10.1 Å². The standard InChI is InChI=1S/C15H17Cl2N3O4/c1-4-8-10-11(24-14(2,3)23-10)15(21,22-8)9-6-5-7-12(16)18-13(17)19-20(7)9/h5-6,8,10-11,21H,4H2,1-3H3/t8-,10-,11-,15?/m1/s1. The summed E-state index contributed by atoms with van der Waals surface area (Å²) in [6.45, 7) is 5.59. The highest BCUT2D eigenvalue weighted by atomic mass is 35.5. The molecule has 2 aliphatic heterocycles. The molecule has 2 aromatic heterocycles. The molecule has 24 heavy (non-hydrogen) atoms. The van der Waals surface area contributed by atoms with Gasteiger partial charge in [0.2, 0.25) is 11.1 Å². The Morgan fingerprint density at radius 1 is 1.25 bits per heavy atom. The van der Waals surface area contributed by atoms with Crippen LogP contribution in [0.1, 0.15) is 32.9 Å². The Kier molecular flexibility index (Phi) is 3.62. The van der Waals surface area contributed by atoms with Crippen molar-refractivity contribution in [3.8, 4) is 0 Å². The van der Waals surface area contributed by atoms with Crippen LogP contribution in [0.25, 0.3) is 5.52 Å². The minimum absolute atomic E-state index is 0.0286. The molecule has 4 heterocycles. The van der Waals surface area contributed by atoms with Gasteiger partial charge in [-0.3, -0.25) is 0 Å². The molecule has 1 unspecified atom stereocenters. The van der Waals surface area contributed by atoms with Gasteiger partial charge in [-0.1, -0.05) is 18.5 Å². The van der Waals surface area contributed by atoms with Crippen molar-refractivity contribution in [2.75, 3.05) is 0 Å². The van der Waals surface area contributed by atoms with Crippen LogP contribution in [-0.2, 0) is 20.0 Å². The third-order valence-corrected chi connectivity index (χ3v) is 4.86. The fourth-order valence-electron chi connectivity index (χ4n) is 3.46. The lowest BCUT2D eigenvalue weighted by molar-refractivity contribution is -0.283. The molecule has 4 atom stereocenters. The number of ether oxygens (including phenoxy) is 3. The smallest absolute Gasteiger partial charge is 0.242 e. The van der Waals surface area contributed by atoms with Gasteiger partial charge >= 0.3 is 0 Å². The van der Waals surface area contributed by atoms with E-state index >= 15 is 0 Å². The highest BCUT2D eigenvalue weighted by molar-refractivity contribution is 6.34. The maximum Gasteiger partial charge on any atom is 0.242 e. The first-order valence-corrected chi connectivity index (χ1v) is 8.48. The summed E-state index contributed by atoms with van der Waals surface area (Å²) in [4.78, 5) is 3.91. The largest absolute Gasteiger partial charge is 0.359 e. The van der Waals surface area contributed by atoms with Crippen LogP contribution in [0.4, 0.5) is 0 Å². The summed E-state index contributed by atoms with van der Waals surface area (Å²) >= 11 is 12.0. The van der Waals surface area contributed by atoms with E-state index in [1.54, 1.807) is 12.1 Å². The van der Waals surface area contributed by atoms with Crippen molar-refractivity contribution in [3.05, 3.63) is 28.3 Å². The molecule has 2 fully saturated rings. The van der Waals surface area contributed by atoms with Crippen LogP contribution in [0.5, 0.6) is 0 Å². The predicted octanol–water partition coefficient (Wildman–Crippen LogP) is 2.51. The molecule has 0 saturated carbocycles. The average Bonchev–Trinajstić information content (AvgIpc) is 3.11.